The number of furan rings is 1. The Morgan fingerprint density at radius 2 is 2.21 bits per heavy atom. The third kappa shape index (κ3) is 1.95. The molecule has 3 rings (SSSR count). The van der Waals surface area contributed by atoms with E-state index in [-0.39, 0.29) is 17.7 Å². The number of hydrogen-bond acceptors (Lipinski definition) is 3. The van der Waals surface area contributed by atoms with Crippen LogP contribution in [0.4, 0.5) is 0 Å². The molecule has 0 aliphatic carbocycles. The van der Waals surface area contributed by atoms with E-state index in [4.69, 9.17) is 4.42 Å². The van der Waals surface area contributed by atoms with Crippen LogP contribution < -0.4 is 5.32 Å². The molecule has 4 nitrogen and oxygen atoms in total. The Morgan fingerprint density at radius 3 is 2.95 bits per heavy atom. The van der Waals surface area contributed by atoms with E-state index in [2.05, 4.69) is 11.9 Å². The van der Waals surface area contributed by atoms with Crippen LogP contribution in [-0.4, -0.2) is 11.8 Å². The van der Waals surface area contributed by atoms with Gasteiger partial charge in [0.25, 0.3) is 0 Å². The van der Waals surface area contributed by atoms with E-state index in [1.165, 1.54) is 0 Å². The van der Waals surface area contributed by atoms with E-state index in [0.717, 1.165) is 22.1 Å². The normalized spacial score (nSPS) is 19.5. The number of piperidine rings is 1. The molecule has 0 radical (unpaired) electrons. The largest absolute Gasteiger partial charge is 0.464 e. The highest BCUT2D eigenvalue weighted by atomic mass is 16.3. The fourth-order valence-corrected chi connectivity index (χ4v) is 2.45. The van der Waals surface area contributed by atoms with Crippen molar-refractivity contribution in [1.82, 2.24) is 5.32 Å². The van der Waals surface area contributed by atoms with Crippen LogP contribution in [0.5, 0.6) is 0 Å². The van der Waals surface area contributed by atoms with Crippen molar-refractivity contribution < 1.29 is 14.0 Å². The number of rotatable bonds is 2. The summed E-state index contributed by atoms with van der Waals surface area (Å²) >= 11 is 0. The second-order valence-corrected chi connectivity index (χ2v) is 4.65. The Balaban J connectivity index is 2.07. The number of carbonyl (C=O) groups excluding carboxylic acids is 2. The fraction of sp³-hybridized carbons (Fsp3) is 0.200. The molecule has 1 aliphatic rings. The first-order chi connectivity index (χ1) is 9.19. The van der Waals surface area contributed by atoms with E-state index in [1.54, 1.807) is 12.3 Å². The predicted molar refractivity (Wildman–Crippen MR) is 71.4 cm³/mol. The maximum absolute atomic E-state index is 11.9. The van der Waals surface area contributed by atoms with Gasteiger partial charge in [0.05, 0.1) is 12.2 Å². The van der Waals surface area contributed by atoms with Gasteiger partial charge in [-0.3, -0.25) is 14.9 Å². The van der Waals surface area contributed by atoms with E-state index in [0.29, 0.717) is 12.8 Å². The lowest BCUT2D eigenvalue weighted by Gasteiger charge is -2.19. The second kappa shape index (κ2) is 4.39. The topological polar surface area (TPSA) is 59.3 Å². The molecule has 4 heteroatoms. The van der Waals surface area contributed by atoms with Crippen molar-refractivity contribution in [1.29, 1.82) is 0 Å². The summed E-state index contributed by atoms with van der Waals surface area (Å²) in [7, 11) is 0. The number of hydrogen-bond donors (Lipinski definition) is 1. The second-order valence-electron chi connectivity index (χ2n) is 4.65. The number of benzene rings is 1. The molecule has 2 aromatic rings. The maximum Gasteiger partial charge on any atom is 0.234 e. The molecule has 0 spiro atoms. The zero-order valence-electron chi connectivity index (χ0n) is 10.3. The van der Waals surface area contributed by atoms with E-state index >= 15 is 0 Å². The summed E-state index contributed by atoms with van der Waals surface area (Å²) in [6, 6.07) is 5.72. The SMILES string of the molecule is C=Cc1ccc2occ(C3CCC(=O)NC3=O)c2c1. The fourth-order valence-electron chi connectivity index (χ4n) is 2.45. The Hall–Kier alpha value is -2.36. The quantitative estimate of drug-likeness (QED) is 0.839. The first kappa shape index (κ1) is 11.7. The average molecular weight is 255 g/mol. The number of amides is 2. The molecule has 0 bridgehead atoms. The summed E-state index contributed by atoms with van der Waals surface area (Å²) < 4.78 is 5.48. The standard InChI is InChI=1S/C15H13NO3/c1-2-9-3-5-13-11(7-9)12(8-19-13)10-4-6-14(17)16-15(10)18/h2-3,5,7-8,10H,1,4,6H2,(H,16,17,18). The molecule has 2 heterocycles. The first-order valence-electron chi connectivity index (χ1n) is 6.16. The number of imide groups is 1. The lowest BCUT2D eigenvalue weighted by molar-refractivity contribution is -0.134. The van der Waals surface area contributed by atoms with Crippen LogP contribution in [0, 0.1) is 0 Å². The summed E-state index contributed by atoms with van der Waals surface area (Å²) in [6.45, 7) is 3.73. The van der Waals surface area contributed by atoms with Gasteiger partial charge >= 0.3 is 0 Å². The molecule has 1 unspecified atom stereocenters. The van der Waals surface area contributed by atoms with Crippen molar-refractivity contribution in [3.05, 3.63) is 42.2 Å². The summed E-state index contributed by atoms with van der Waals surface area (Å²) in [4.78, 5) is 23.1. The Bertz CT molecular complexity index is 684. The van der Waals surface area contributed by atoms with Gasteiger partial charge in [-0.25, -0.2) is 0 Å². The lowest BCUT2D eigenvalue weighted by atomic mass is 9.90. The number of nitrogens with one attached hydrogen (secondary N) is 1. The van der Waals surface area contributed by atoms with E-state index in [1.807, 2.05) is 18.2 Å². The van der Waals surface area contributed by atoms with Gasteiger partial charge < -0.3 is 4.42 Å². The molecular formula is C15H13NO3. The summed E-state index contributed by atoms with van der Waals surface area (Å²) in [5, 5.41) is 3.28. The van der Waals surface area contributed by atoms with Gasteiger partial charge in [0.2, 0.25) is 11.8 Å². The highest BCUT2D eigenvalue weighted by molar-refractivity contribution is 6.02. The van der Waals surface area contributed by atoms with Gasteiger partial charge in [0.15, 0.2) is 0 Å². The maximum atomic E-state index is 11.9. The van der Waals surface area contributed by atoms with E-state index in [9.17, 15) is 9.59 Å². The highest BCUT2D eigenvalue weighted by Gasteiger charge is 2.30. The summed E-state index contributed by atoms with van der Waals surface area (Å²) in [5.74, 6) is -0.775. The zero-order valence-corrected chi connectivity index (χ0v) is 10.3. The molecule has 19 heavy (non-hydrogen) atoms. The van der Waals surface area contributed by atoms with Crippen LogP contribution in [0.3, 0.4) is 0 Å². The van der Waals surface area contributed by atoms with Gasteiger partial charge in [-0.05, 0) is 24.1 Å². The van der Waals surface area contributed by atoms with Crippen molar-refractivity contribution >= 4 is 28.9 Å². The summed E-state index contributed by atoms with van der Waals surface area (Å²) in [5.41, 5.74) is 2.55. The number of carbonyl (C=O) groups is 2. The molecule has 2 amide bonds. The Kier molecular flexibility index (Phi) is 2.71. The summed E-state index contributed by atoms with van der Waals surface area (Å²) in [6.07, 6.45) is 4.25. The van der Waals surface area contributed by atoms with Gasteiger partial charge in [-0.1, -0.05) is 18.7 Å². The van der Waals surface area contributed by atoms with Gasteiger partial charge in [0, 0.05) is 17.4 Å². The highest BCUT2D eigenvalue weighted by Crippen LogP contribution is 2.33. The Morgan fingerprint density at radius 1 is 1.37 bits per heavy atom. The molecule has 1 atom stereocenters. The molecular weight excluding hydrogens is 242 g/mol. The molecule has 1 saturated heterocycles. The molecule has 1 fully saturated rings. The third-order valence-corrected chi connectivity index (χ3v) is 3.48. The van der Waals surface area contributed by atoms with E-state index < -0.39 is 0 Å². The average Bonchev–Trinajstić information content (AvgIpc) is 2.81. The van der Waals surface area contributed by atoms with Crippen molar-refractivity contribution in [2.24, 2.45) is 0 Å². The van der Waals surface area contributed by atoms with Crippen LogP contribution in [0.15, 0.2) is 35.5 Å². The molecule has 0 saturated carbocycles. The molecule has 1 N–H and O–H groups in total. The minimum absolute atomic E-state index is 0.208. The predicted octanol–water partition coefficient (Wildman–Crippen LogP) is 2.60. The van der Waals surface area contributed by atoms with Crippen LogP contribution in [0.1, 0.15) is 29.9 Å². The van der Waals surface area contributed by atoms with Crippen molar-refractivity contribution in [3.63, 3.8) is 0 Å². The smallest absolute Gasteiger partial charge is 0.234 e. The van der Waals surface area contributed by atoms with Gasteiger partial charge in [0.1, 0.15) is 5.58 Å². The van der Waals surface area contributed by atoms with Gasteiger partial charge in [-0.15, -0.1) is 0 Å². The number of fused-ring (bicyclic) bond motifs is 1. The van der Waals surface area contributed by atoms with Crippen LogP contribution in [-0.2, 0) is 9.59 Å². The Labute approximate surface area is 110 Å². The van der Waals surface area contributed by atoms with Crippen molar-refractivity contribution in [2.45, 2.75) is 18.8 Å². The molecule has 1 aromatic carbocycles. The minimum atomic E-state index is -0.320. The van der Waals surface area contributed by atoms with Crippen LogP contribution >= 0.6 is 0 Å². The molecule has 96 valence electrons. The molecule has 1 aliphatic heterocycles. The van der Waals surface area contributed by atoms with Crippen molar-refractivity contribution in [3.8, 4) is 0 Å². The van der Waals surface area contributed by atoms with Gasteiger partial charge in [-0.2, -0.15) is 0 Å². The monoisotopic (exact) mass is 255 g/mol. The third-order valence-electron chi connectivity index (χ3n) is 3.48. The van der Waals surface area contributed by atoms with Crippen molar-refractivity contribution in [2.75, 3.05) is 0 Å². The van der Waals surface area contributed by atoms with Crippen LogP contribution in [0.25, 0.3) is 17.0 Å². The minimum Gasteiger partial charge on any atom is -0.464 e. The lowest BCUT2D eigenvalue weighted by Crippen LogP contribution is -2.39. The zero-order chi connectivity index (χ0) is 13.4. The molecule has 1 aromatic heterocycles. The van der Waals surface area contributed by atoms with Crippen LogP contribution in [0.2, 0.25) is 0 Å². The first-order valence-corrected chi connectivity index (χ1v) is 6.16.